The lowest BCUT2D eigenvalue weighted by atomic mass is 9.85. The van der Waals surface area contributed by atoms with E-state index in [0.29, 0.717) is 5.92 Å². The fourth-order valence-electron chi connectivity index (χ4n) is 2.41. The van der Waals surface area contributed by atoms with Crippen LogP contribution in [0.5, 0.6) is 0 Å². The Labute approximate surface area is 99.4 Å². The fraction of sp³-hybridized carbons (Fsp3) is 0.500. The predicted octanol–water partition coefficient (Wildman–Crippen LogP) is 4.96. The Hall–Kier alpha value is -1.04. The average molecular weight is 214 g/mol. The molecule has 0 unspecified atom stereocenters. The maximum Gasteiger partial charge on any atom is -0.0239 e. The molecule has 0 amide bonds. The molecule has 0 saturated heterocycles. The molecule has 0 radical (unpaired) electrons. The van der Waals surface area contributed by atoms with Gasteiger partial charge in [-0.15, -0.1) is 0 Å². The average Bonchev–Trinajstić information content (AvgIpc) is 2.30. The van der Waals surface area contributed by atoms with Crippen molar-refractivity contribution in [3.63, 3.8) is 0 Å². The van der Waals surface area contributed by atoms with Crippen LogP contribution in [0.1, 0.15) is 46.5 Å². The minimum atomic E-state index is 0.709. The van der Waals surface area contributed by atoms with Crippen LogP contribution in [-0.2, 0) is 0 Å². The van der Waals surface area contributed by atoms with Gasteiger partial charge in [0.1, 0.15) is 0 Å². The van der Waals surface area contributed by atoms with Crippen LogP contribution in [-0.4, -0.2) is 0 Å². The van der Waals surface area contributed by atoms with Crippen LogP contribution in [0.3, 0.4) is 0 Å². The van der Waals surface area contributed by atoms with Gasteiger partial charge in [0, 0.05) is 0 Å². The summed E-state index contributed by atoms with van der Waals surface area (Å²) in [6.45, 7) is 6.80. The Bertz CT molecular complexity index is 386. The maximum absolute atomic E-state index is 2.35. The molecule has 0 aromatic rings. The molecule has 0 nitrogen and oxygen atoms in total. The first kappa shape index (κ1) is 11.4. The van der Waals surface area contributed by atoms with Crippen molar-refractivity contribution >= 4 is 0 Å². The van der Waals surface area contributed by atoms with Crippen molar-refractivity contribution in [1.29, 1.82) is 0 Å². The van der Waals surface area contributed by atoms with Gasteiger partial charge < -0.3 is 0 Å². The molecule has 2 aliphatic carbocycles. The fourth-order valence-corrected chi connectivity index (χ4v) is 2.41. The van der Waals surface area contributed by atoms with E-state index in [1.807, 2.05) is 0 Å². The van der Waals surface area contributed by atoms with Gasteiger partial charge in [-0.05, 0) is 49.7 Å². The highest BCUT2D eigenvalue weighted by atomic mass is 14.2. The van der Waals surface area contributed by atoms with Crippen LogP contribution >= 0.6 is 0 Å². The molecule has 0 aromatic carbocycles. The van der Waals surface area contributed by atoms with Crippen molar-refractivity contribution in [3.05, 3.63) is 46.6 Å². The van der Waals surface area contributed by atoms with Crippen LogP contribution in [0.25, 0.3) is 0 Å². The summed E-state index contributed by atoms with van der Waals surface area (Å²) in [5.41, 5.74) is 6.24. The van der Waals surface area contributed by atoms with Crippen LogP contribution in [0.15, 0.2) is 46.6 Å². The van der Waals surface area contributed by atoms with Gasteiger partial charge in [0.15, 0.2) is 0 Å². The molecule has 0 fully saturated rings. The van der Waals surface area contributed by atoms with E-state index in [9.17, 15) is 0 Å². The van der Waals surface area contributed by atoms with Gasteiger partial charge in [-0.2, -0.15) is 0 Å². The zero-order chi connectivity index (χ0) is 11.5. The Balaban J connectivity index is 2.13. The smallest absolute Gasteiger partial charge is 0.0239 e. The molecule has 0 heterocycles. The highest BCUT2D eigenvalue weighted by molar-refractivity contribution is 5.42. The van der Waals surface area contributed by atoms with E-state index >= 15 is 0 Å². The summed E-state index contributed by atoms with van der Waals surface area (Å²) in [4.78, 5) is 0. The van der Waals surface area contributed by atoms with E-state index in [0.717, 1.165) is 0 Å². The SMILES string of the molecule is CC1=CC=C(C2=CC=C(C(C)C)CC2)CC1. The molecule has 0 bridgehead atoms. The van der Waals surface area contributed by atoms with Gasteiger partial charge in [0.05, 0.1) is 0 Å². The Kier molecular flexibility index (Phi) is 3.48. The normalized spacial score (nSPS) is 21.2. The molecule has 16 heavy (non-hydrogen) atoms. The summed E-state index contributed by atoms with van der Waals surface area (Å²) < 4.78 is 0. The lowest BCUT2D eigenvalue weighted by Crippen LogP contribution is -2.02. The largest absolute Gasteiger partial charge is 0.0730 e. The first-order chi connectivity index (χ1) is 7.66. The van der Waals surface area contributed by atoms with Crippen molar-refractivity contribution in [1.82, 2.24) is 0 Å². The molecule has 0 aliphatic heterocycles. The van der Waals surface area contributed by atoms with Crippen LogP contribution in [0, 0.1) is 5.92 Å². The first-order valence-corrected chi connectivity index (χ1v) is 6.43. The molecular weight excluding hydrogens is 192 g/mol. The van der Waals surface area contributed by atoms with E-state index in [-0.39, 0.29) is 0 Å². The number of hydrogen-bond donors (Lipinski definition) is 0. The summed E-state index contributed by atoms with van der Waals surface area (Å²) >= 11 is 0. The van der Waals surface area contributed by atoms with Crippen molar-refractivity contribution in [2.75, 3.05) is 0 Å². The molecular formula is C16H22. The highest BCUT2D eigenvalue weighted by Gasteiger charge is 2.13. The molecule has 0 saturated carbocycles. The first-order valence-electron chi connectivity index (χ1n) is 6.43. The van der Waals surface area contributed by atoms with Gasteiger partial charge in [-0.3, -0.25) is 0 Å². The minimum Gasteiger partial charge on any atom is -0.0730 e. The molecule has 2 rings (SSSR count). The quantitative estimate of drug-likeness (QED) is 0.609. The second-order valence-electron chi connectivity index (χ2n) is 5.29. The van der Waals surface area contributed by atoms with Crippen LogP contribution in [0.4, 0.5) is 0 Å². The number of allylic oxidation sites excluding steroid dienone is 8. The van der Waals surface area contributed by atoms with Gasteiger partial charge in [0.25, 0.3) is 0 Å². The summed E-state index contributed by atoms with van der Waals surface area (Å²) in [5, 5.41) is 0. The predicted molar refractivity (Wildman–Crippen MR) is 71.3 cm³/mol. The zero-order valence-corrected chi connectivity index (χ0v) is 10.7. The summed E-state index contributed by atoms with van der Waals surface area (Å²) in [6.07, 6.45) is 14.3. The highest BCUT2D eigenvalue weighted by Crippen LogP contribution is 2.32. The maximum atomic E-state index is 2.35. The van der Waals surface area contributed by atoms with Crippen LogP contribution < -0.4 is 0 Å². The summed E-state index contributed by atoms with van der Waals surface area (Å²) in [7, 11) is 0. The van der Waals surface area contributed by atoms with Crippen molar-refractivity contribution in [2.45, 2.75) is 46.5 Å². The third kappa shape index (κ3) is 2.55. The standard InChI is InChI=1S/C16H22/c1-12(2)14-8-10-16(11-9-14)15-6-4-13(3)5-7-15/h4,6,8,10,12H,5,7,9,11H2,1-3H3. The topological polar surface area (TPSA) is 0 Å². The number of rotatable bonds is 2. The molecule has 0 atom stereocenters. The third-order valence-corrected chi connectivity index (χ3v) is 3.69. The molecule has 0 spiro atoms. The number of hydrogen-bond acceptors (Lipinski definition) is 0. The van der Waals surface area contributed by atoms with Crippen molar-refractivity contribution in [2.24, 2.45) is 5.92 Å². The second-order valence-corrected chi connectivity index (χ2v) is 5.29. The lowest BCUT2D eigenvalue weighted by Gasteiger charge is -2.21. The second kappa shape index (κ2) is 4.86. The zero-order valence-electron chi connectivity index (χ0n) is 10.7. The van der Waals surface area contributed by atoms with E-state index in [2.05, 4.69) is 45.1 Å². The molecule has 2 aliphatic rings. The van der Waals surface area contributed by atoms with E-state index < -0.39 is 0 Å². The molecule has 0 N–H and O–H groups in total. The van der Waals surface area contributed by atoms with Gasteiger partial charge in [-0.1, -0.05) is 49.3 Å². The third-order valence-electron chi connectivity index (χ3n) is 3.69. The molecule has 0 heteroatoms. The monoisotopic (exact) mass is 214 g/mol. The van der Waals surface area contributed by atoms with Gasteiger partial charge in [-0.25, -0.2) is 0 Å². The summed E-state index contributed by atoms with van der Waals surface area (Å²) in [5.74, 6) is 0.709. The Morgan fingerprint density at radius 3 is 1.88 bits per heavy atom. The summed E-state index contributed by atoms with van der Waals surface area (Å²) in [6, 6.07) is 0. The van der Waals surface area contributed by atoms with Crippen molar-refractivity contribution < 1.29 is 0 Å². The minimum absolute atomic E-state index is 0.709. The lowest BCUT2D eigenvalue weighted by molar-refractivity contribution is 0.698. The van der Waals surface area contributed by atoms with Gasteiger partial charge in [0.2, 0.25) is 0 Å². The van der Waals surface area contributed by atoms with Gasteiger partial charge >= 0.3 is 0 Å². The molecule has 0 aromatic heterocycles. The van der Waals surface area contributed by atoms with E-state index in [1.54, 1.807) is 16.7 Å². The van der Waals surface area contributed by atoms with Crippen molar-refractivity contribution in [3.8, 4) is 0 Å². The Morgan fingerprint density at radius 1 is 0.812 bits per heavy atom. The Morgan fingerprint density at radius 2 is 1.44 bits per heavy atom. The molecule has 86 valence electrons. The van der Waals surface area contributed by atoms with E-state index in [4.69, 9.17) is 0 Å². The van der Waals surface area contributed by atoms with E-state index in [1.165, 1.54) is 31.3 Å². The van der Waals surface area contributed by atoms with Crippen LogP contribution in [0.2, 0.25) is 0 Å².